The van der Waals surface area contributed by atoms with Crippen molar-refractivity contribution < 1.29 is 4.74 Å². The van der Waals surface area contributed by atoms with Crippen molar-refractivity contribution in [3.8, 4) is 0 Å². The molecular formula is C29H48N6O. The summed E-state index contributed by atoms with van der Waals surface area (Å²) in [6.45, 7) is 16.0. The second-order valence-electron chi connectivity index (χ2n) is 10.3. The second kappa shape index (κ2) is 14.2. The number of hydrogen-bond acceptors (Lipinski definition) is 7. The maximum Gasteiger partial charge on any atom is 0.161 e. The lowest BCUT2D eigenvalue weighted by Crippen LogP contribution is -2.48. The molecule has 0 N–H and O–H groups in total. The lowest BCUT2D eigenvalue weighted by molar-refractivity contribution is 0.130. The lowest BCUT2D eigenvalue weighted by Gasteiger charge is -2.37. The fourth-order valence-electron chi connectivity index (χ4n) is 5.63. The van der Waals surface area contributed by atoms with Crippen molar-refractivity contribution in [3.05, 3.63) is 35.8 Å². The summed E-state index contributed by atoms with van der Waals surface area (Å²) < 4.78 is 5.62. The normalized spacial score (nSPS) is 24.2. The molecule has 2 fully saturated rings. The van der Waals surface area contributed by atoms with E-state index < -0.39 is 0 Å². The van der Waals surface area contributed by atoms with Crippen LogP contribution in [0.4, 0.5) is 5.82 Å². The average molecular weight is 497 g/mol. The fourth-order valence-corrected chi connectivity index (χ4v) is 5.63. The SMILES string of the molecule is CC.CN1CCN(C2C=CC(c3ncc4c(n3)N(CCCN3CCCOCC3)CCCC4)=CC2)CC1. The number of aromatic nitrogens is 2. The molecule has 0 amide bonds. The molecule has 0 bridgehead atoms. The minimum absolute atomic E-state index is 0.513. The van der Waals surface area contributed by atoms with Crippen LogP contribution in [0, 0.1) is 0 Å². The standard InChI is InChI=1S/C27H42N6O.C2H6/c1-30-15-17-32(18-16-30)25-9-7-23(8-10-25)26-28-22-24-6-2-3-13-33(27(24)29-26)14-4-11-31-12-5-20-34-21-19-31;1-2/h7-9,22,25H,2-6,10-21H2,1H3;1-2H3. The number of aryl methyl sites for hydroxylation is 1. The third-order valence-corrected chi connectivity index (χ3v) is 7.82. The summed E-state index contributed by atoms with van der Waals surface area (Å²) in [5.74, 6) is 2.07. The van der Waals surface area contributed by atoms with Gasteiger partial charge in [-0.25, -0.2) is 9.97 Å². The summed E-state index contributed by atoms with van der Waals surface area (Å²) in [6.07, 6.45) is 16.0. The molecule has 0 saturated carbocycles. The van der Waals surface area contributed by atoms with Crippen molar-refractivity contribution in [2.45, 2.75) is 58.4 Å². The highest BCUT2D eigenvalue weighted by Crippen LogP contribution is 2.28. The van der Waals surface area contributed by atoms with Gasteiger partial charge < -0.3 is 19.4 Å². The van der Waals surface area contributed by atoms with Gasteiger partial charge in [-0.3, -0.25) is 4.90 Å². The zero-order valence-electron chi connectivity index (χ0n) is 23.0. The number of rotatable bonds is 6. The van der Waals surface area contributed by atoms with Crippen molar-refractivity contribution in [1.29, 1.82) is 0 Å². The molecular weight excluding hydrogens is 448 g/mol. The van der Waals surface area contributed by atoms with Gasteiger partial charge >= 0.3 is 0 Å². The van der Waals surface area contributed by atoms with E-state index in [4.69, 9.17) is 14.7 Å². The van der Waals surface area contributed by atoms with Crippen LogP contribution < -0.4 is 4.90 Å². The van der Waals surface area contributed by atoms with Crippen molar-refractivity contribution in [2.75, 3.05) is 84.1 Å². The molecule has 1 atom stereocenters. The molecule has 1 unspecified atom stereocenters. The summed E-state index contributed by atoms with van der Waals surface area (Å²) in [6, 6.07) is 0.513. The van der Waals surface area contributed by atoms with Crippen LogP contribution in [0.25, 0.3) is 5.57 Å². The summed E-state index contributed by atoms with van der Waals surface area (Å²) in [7, 11) is 2.22. The highest BCUT2D eigenvalue weighted by Gasteiger charge is 2.23. The first-order chi connectivity index (χ1) is 17.8. The van der Waals surface area contributed by atoms with E-state index in [9.17, 15) is 0 Å². The molecule has 0 aromatic carbocycles. The van der Waals surface area contributed by atoms with E-state index in [1.807, 2.05) is 13.8 Å². The summed E-state index contributed by atoms with van der Waals surface area (Å²) in [5, 5.41) is 0. The molecule has 2 saturated heterocycles. The maximum atomic E-state index is 5.62. The van der Waals surface area contributed by atoms with Gasteiger partial charge in [0.1, 0.15) is 5.82 Å². The van der Waals surface area contributed by atoms with Gasteiger partial charge in [-0.15, -0.1) is 0 Å². The van der Waals surface area contributed by atoms with Gasteiger partial charge in [0.25, 0.3) is 0 Å². The van der Waals surface area contributed by atoms with Gasteiger partial charge in [0.2, 0.25) is 0 Å². The van der Waals surface area contributed by atoms with Crippen LogP contribution in [0.1, 0.15) is 57.3 Å². The van der Waals surface area contributed by atoms with Gasteiger partial charge in [0.05, 0.1) is 6.61 Å². The molecule has 3 aliphatic heterocycles. The second-order valence-corrected chi connectivity index (χ2v) is 10.3. The molecule has 7 heteroatoms. The Morgan fingerprint density at radius 2 is 1.81 bits per heavy atom. The van der Waals surface area contributed by atoms with E-state index in [1.165, 1.54) is 42.8 Å². The van der Waals surface area contributed by atoms with E-state index >= 15 is 0 Å². The molecule has 1 aliphatic carbocycles. The number of anilines is 1. The molecule has 0 radical (unpaired) electrons. The fraction of sp³-hybridized carbons (Fsp3) is 0.724. The van der Waals surface area contributed by atoms with E-state index in [0.717, 1.165) is 90.7 Å². The van der Waals surface area contributed by atoms with Crippen LogP contribution in [-0.4, -0.2) is 110 Å². The molecule has 200 valence electrons. The Balaban J connectivity index is 0.00000148. The predicted octanol–water partition coefficient (Wildman–Crippen LogP) is 3.72. The Hall–Kier alpha value is -1.80. The van der Waals surface area contributed by atoms with Gasteiger partial charge in [0.15, 0.2) is 5.82 Å². The van der Waals surface area contributed by atoms with E-state index in [1.54, 1.807) is 0 Å². The minimum Gasteiger partial charge on any atom is -0.380 e. The first kappa shape index (κ1) is 27.2. The lowest BCUT2D eigenvalue weighted by atomic mass is 10.0. The molecule has 5 rings (SSSR count). The minimum atomic E-state index is 0.513. The zero-order valence-corrected chi connectivity index (χ0v) is 23.0. The third-order valence-electron chi connectivity index (χ3n) is 7.82. The summed E-state index contributed by atoms with van der Waals surface area (Å²) in [5.41, 5.74) is 2.50. The predicted molar refractivity (Wildman–Crippen MR) is 150 cm³/mol. The van der Waals surface area contributed by atoms with Crippen molar-refractivity contribution in [2.24, 2.45) is 0 Å². The molecule has 4 heterocycles. The van der Waals surface area contributed by atoms with Crippen LogP contribution in [0.2, 0.25) is 0 Å². The Bertz CT molecular complexity index is 855. The van der Waals surface area contributed by atoms with E-state index in [-0.39, 0.29) is 0 Å². The van der Waals surface area contributed by atoms with Gasteiger partial charge in [-0.05, 0) is 52.1 Å². The van der Waals surface area contributed by atoms with Gasteiger partial charge in [-0.1, -0.05) is 32.1 Å². The monoisotopic (exact) mass is 496 g/mol. The first-order valence-corrected chi connectivity index (χ1v) is 14.5. The summed E-state index contributed by atoms with van der Waals surface area (Å²) >= 11 is 0. The zero-order chi connectivity index (χ0) is 25.2. The van der Waals surface area contributed by atoms with Gasteiger partial charge in [-0.2, -0.15) is 0 Å². The number of nitrogens with zero attached hydrogens (tertiary/aromatic N) is 6. The molecule has 1 aromatic rings. The smallest absolute Gasteiger partial charge is 0.161 e. The van der Waals surface area contributed by atoms with Crippen LogP contribution in [0.15, 0.2) is 24.4 Å². The highest BCUT2D eigenvalue weighted by atomic mass is 16.5. The summed E-state index contributed by atoms with van der Waals surface area (Å²) in [4.78, 5) is 20.1. The molecule has 1 aromatic heterocycles. The number of piperazine rings is 1. The van der Waals surface area contributed by atoms with E-state index in [0.29, 0.717) is 6.04 Å². The van der Waals surface area contributed by atoms with Crippen LogP contribution in [0.3, 0.4) is 0 Å². The Morgan fingerprint density at radius 1 is 0.944 bits per heavy atom. The quantitative estimate of drug-likeness (QED) is 0.595. The number of likely N-dealkylation sites (N-methyl/N-ethyl adjacent to an activating group) is 1. The maximum absolute atomic E-state index is 5.62. The Kier molecular flexibility index (Phi) is 10.8. The average Bonchev–Trinajstić information content (AvgIpc) is 3.31. The highest BCUT2D eigenvalue weighted by molar-refractivity contribution is 5.72. The van der Waals surface area contributed by atoms with Crippen LogP contribution >= 0.6 is 0 Å². The number of hydrogen-bond donors (Lipinski definition) is 0. The van der Waals surface area contributed by atoms with E-state index in [2.05, 4.69) is 51.1 Å². The number of fused-ring (bicyclic) bond motifs is 1. The van der Waals surface area contributed by atoms with Crippen LogP contribution in [0.5, 0.6) is 0 Å². The number of ether oxygens (including phenoxy) is 1. The Morgan fingerprint density at radius 3 is 2.61 bits per heavy atom. The van der Waals surface area contributed by atoms with Crippen molar-refractivity contribution >= 4 is 11.4 Å². The number of allylic oxidation sites excluding steroid dienone is 2. The Labute approximate surface area is 219 Å². The van der Waals surface area contributed by atoms with Crippen molar-refractivity contribution in [3.63, 3.8) is 0 Å². The molecule has 0 spiro atoms. The molecule has 36 heavy (non-hydrogen) atoms. The molecule has 4 aliphatic rings. The van der Waals surface area contributed by atoms with Crippen LogP contribution in [-0.2, 0) is 11.2 Å². The van der Waals surface area contributed by atoms with Gasteiger partial charge in [0, 0.05) is 82.3 Å². The first-order valence-electron chi connectivity index (χ1n) is 14.5. The van der Waals surface area contributed by atoms with Crippen molar-refractivity contribution in [1.82, 2.24) is 24.7 Å². The molecule has 7 nitrogen and oxygen atoms in total. The largest absolute Gasteiger partial charge is 0.380 e. The topological polar surface area (TPSA) is 48.0 Å². The third kappa shape index (κ3) is 7.37.